The summed E-state index contributed by atoms with van der Waals surface area (Å²) in [5.41, 5.74) is 1.42. The molecule has 0 aliphatic carbocycles. The maximum atomic E-state index is 9.26. The number of hydrogen-bond donors (Lipinski definition) is 3. The monoisotopic (exact) mass is 355 g/mol. The largest absolute Gasteiger partial charge is 0.490 e. The van der Waals surface area contributed by atoms with Gasteiger partial charge in [0, 0.05) is 10.5 Å². The molecule has 0 heterocycles. The van der Waals surface area contributed by atoms with Crippen molar-refractivity contribution in [1.29, 1.82) is 0 Å². The number of aryl methyl sites for hydroxylation is 1. The van der Waals surface area contributed by atoms with Crippen molar-refractivity contribution in [1.82, 2.24) is 0 Å². The topological polar surface area (TPSA) is 61.7 Å². The van der Waals surface area contributed by atoms with Crippen LogP contribution in [0.5, 0.6) is 5.75 Å². The minimum atomic E-state index is -1.71. The van der Waals surface area contributed by atoms with E-state index in [0.717, 1.165) is 5.56 Å². The first-order chi connectivity index (χ1) is 10.4. The van der Waals surface area contributed by atoms with Crippen LogP contribution in [0.15, 0.2) is 36.4 Å². The maximum absolute atomic E-state index is 9.26. The number of halogens is 2. The van der Waals surface area contributed by atoms with Gasteiger partial charge in [-0.05, 0) is 42.9 Å². The Morgan fingerprint density at radius 1 is 1.18 bits per heavy atom. The van der Waals surface area contributed by atoms with Gasteiger partial charge in [0.2, 0.25) is 0 Å². The molecule has 4 nitrogen and oxygen atoms in total. The standard InChI is InChI=1S/C14H12BCl2NO3S/c1-8-4-2-3-5-13(8)21-14(22)18-12-6-9(15(19)20)10(16)7-11(12)17/h2-7,19-20H,1H3,(H,18,22). The van der Waals surface area contributed by atoms with Crippen LogP contribution in [0.3, 0.4) is 0 Å². The minimum absolute atomic E-state index is 0.0805. The molecule has 22 heavy (non-hydrogen) atoms. The van der Waals surface area contributed by atoms with Crippen molar-refractivity contribution < 1.29 is 14.8 Å². The Labute approximate surface area is 143 Å². The number of nitrogens with one attached hydrogen (secondary N) is 1. The Morgan fingerprint density at radius 3 is 2.50 bits per heavy atom. The highest BCUT2D eigenvalue weighted by molar-refractivity contribution is 7.80. The molecule has 0 atom stereocenters. The smallest absolute Gasteiger partial charge is 0.431 e. The van der Waals surface area contributed by atoms with Gasteiger partial charge < -0.3 is 20.1 Å². The van der Waals surface area contributed by atoms with Gasteiger partial charge >= 0.3 is 7.12 Å². The van der Waals surface area contributed by atoms with Gasteiger partial charge in [0.05, 0.1) is 10.7 Å². The Morgan fingerprint density at radius 2 is 1.86 bits per heavy atom. The molecule has 0 spiro atoms. The molecular formula is C14H12BCl2NO3S. The minimum Gasteiger partial charge on any atom is -0.431 e. The van der Waals surface area contributed by atoms with Gasteiger partial charge in [0.1, 0.15) is 5.75 Å². The lowest BCUT2D eigenvalue weighted by atomic mass is 9.80. The number of hydrogen-bond acceptors (Lipinski definition) is 4. The van der Waals surface area contributed by atoms with Crippen LogP contribution in [0.25, 0.3) is 0 Å². The zero-order valence-electron chi connectivity index (χ0n) is 11.5. The lowest BCUT2D eigenvalue weighted by molar-refractivity contribution is 0.426. The number of benzene rings is 2. The molecule has 0 aliphatic heterocycles. The van der Waals surface area contributed by atoms with E-state index in [-0.39, 0.29) is 20.7 Å². The third kappa shape index (κ3) is 4.12. The van der Waals surface area contributed by atoms with E-state index in [1.807, 2.05) is 25.1 Å². The van der Waals surface area contributed by atoms with Crippen molar-refractivity contribution in [2.75, 3.05) is 5.32 Å². The Kier molecular flexibility index (Phi) is 5.66. The van der Waals surface area contributed by atoms with E-state index < -0.39 is 7.12 Å². The highest BCUT2D eigenvalue weighted by Gasteiger charge is 2.18. The van der Waals surface area contributed by atoms with Crippen molar-refractivity contribution >= 4 is 58.9 Å². The van der Waals surface area contributed by atoms with Crippen LogP contribution in [0.4, 0.5) is 5.69 Å². The molecule has 0 aromatic heterocycles. The molecule has 0 amide bonds. The number of anilines is 1. The lowest BCUT2D eigenvalue weighted by Crippen LogP contribution is -2.31. The van der Waals surface area contributed by atoms with Gasteiger partial charge in [-0.15, -0.1) is 0 Å². The summed E-state index contributed by atoms with van der Waals surface area (Å²) in [4.78, 5) is 0. The summed E-state index contributed by atoms with van der Waals surface area (Å²) >= 11 is 17.1. The van der Waals surface area contributed by atoms with Crippen molar-refractivity contribution in [2.24, 2.45) is 0 Å². The fourth-order valence-electron chi connectivity index (χ4n) is 1.77. The molecule has 2 rings (SSSR count). The van der Waals surface area contributed by atoms with Crippen LogP contribution in [-0.4, -0.2) is 22.3 Å². The van der Waals surface area contributed by atoms with Gasteiger partial charge in [-0.3, -0.25) is 0 Å². The second-order valence-corrected chi connectivity index (χ2v) is 5.69. The van der Waals surface area contributed by atoms with Gasteiger partial charge in [0.25, 0.3) is 5.17 Å². The lowest BCUT2D eigenvalue weighted by Gasteiger charge is -2.14. The summed E-state index contributed by atoms with van der Waals surface area (Å²) in [7, 11) is -1.71. The molecule has 0 saturated heterocycles. The van der Waals surface area contributed by atoms with E-state index in [9.17, 15) is 10.0 Å². The van der Waals surface area contributed by atoms with Crippen molar-refractivity contribution in [3.8, 4) is 5.75 Å². The van der Waals surface area contributed by atoms with Crippen LogP contribution >= 0.6 is 35.4 Å². The molecule has 3 N–H and O–H groups in total. The first kappa shape index (κ1) is 17.1. The molecule has 2 aromatic rings. The number of ether oxygens (including phenoxy) is 1. The second-order valence-electron chi connectivity index (χ2n) is 4.51. The molecule has 0 aliphatic rings. The first-order valence-corrected chi connectivity index (χ1v) is 7.44. The predicted octanol–water partition coefficient (Wildman–Crippen LogP) is 2.76. The summed E-state index contributed by atoms with van der Waals surface area (Å²) in [6.45, 7) is 1.90. The third-order valence-electron chi connectivity index (χ3n) is 2.90. The SMILES string of the molecule is Cc1ccccc1OC(=S)Nc1cc(B(O)O)c(Cl)cc1Cl. The van der Waals surface area contributed by atoms with Crippen LogP contribution in [0.1, 0.15) is 5.56 Å². The van der Waals surface area contributed by atoms with Crippen LogP contribution < -0.4 is 15.5 Å². The maximum Gasteiger partial charge on any atom is 0.490 e. The van der Waals surface area contributed by atoms with Crippen LogP contribution in [-0.2, 0) is 0 Å². The average Bonchev–Trinajstić information content (AvgIpc) is 2.44. The molecule has 0 bridgehead atoms. The molecule has 0 fully saturated rings. The van der Waals surface area contributed by atoms with Gasteiger partial charge in [0.15, 0.2) is 0 Å². The Hall–Kier alpha value is -1.31. The fourth-order valence-corrected chi connectivity index (χ4v) is 2.49. The highest BCUT2D eigenvalue weighted by atomic mass is 35.5. The number of rotatable bonds is 3. The molecular weight excluding hydrogens is 344 g/mol. The summed E-state index contributed by atoms with van der Waals surface area (Å²) in [6, 6.07) is 10.2. The van der Waals surface area contributed by atoms with Gasteiger partial charge in [-0.1, -0.05) is 41.4 Å². The first-order valence-electron chi connectivity index (χ1n) is 6.28. The molecule has 2 aromatic carbocycles. The quantitative estimate of drug-likeness (QED) is 0.583. The van der Waals surface area contributed by atoms with E-state index in [4.69, 9.17) is 40.2 Å². The molecule has 0 saturated carbocycles. The fraction of sp³-hybridized carbons (Fsp3) is 0.0714. The van der Waals surface area contributed by atoms with Crippen molar-refractivity contribution in [3.63, 3.8) is 0 Å². The summed E-state index contributed by atoms with van der Waals surface area (Å²) < 4.78 is 5.54. The zero-order valence-corrected chi connectivity index (χ0v) is 13.8. The second kappa shape index (κ2) is 7.31. The van der Waals surface area contributed by atoms with Crippen LogP contribution in [0.2, 0.25) is 10.0 Å². The number of para-hydroxylation sites is 1. The van der Waals surface area contributed by atoms with E-state index in [1.165, 1.54) is 12.1 Å². The molecule has 114 valence electrons. The van der Waals surface area contributed by atoms with Crippen molar-refractivity contribution in [2.45, 2.75) is 6.92 Å². The van der Waals surface area contributed by atoms with E-state index in [0.29, 0.717) is 11.4 Å². The molecule has 0 unspecified atom stereocenters. The predicted molar refractivity (Wildman–Crippen MR) is 94.3 cm³/mol. The summed E-state index contributed by atoms with van der Waals surface area (Å²) in [5.74, 6) is 0.618. The molecule has 0 radical (unpaired) electrons. The Balaban J connectivity index is 2.18. The van der Waals surface area contributed by atoms with Crippen molar-refractivity contribution in [3.05, 3.63) is 52.0 Å². The van der Waals surface area contributed by atoms with Gasteiger partial charge in [-0.25, -0.2) is 0 Å². The molecule has 8 heteroatoms. The zero-order chi connectivity index (χ0) is 16.3. The van der Waals surface area contributed by atoms with Crippen LogP contribution in [0, 0.1) is 6.92 Å². The van der Waals surface area contributed by atoms with E-state index in [2.05, 4.69) is 5.32 Å². The van der Waals surface area contributed by atoms with Gasteiger partial charge in [-0.2, -0.15) is 0 Å². The normalized spacial score (nSPS) is 10.2. The highest BCUT2D eigenvalue weighted by Crippen LogP contribution is 2.25. The third-order valence-corrected chi connectivity index (χ3v) is 3.72. The Bertz CT molecular complexity index is 712. The summed E-state index contributed by atoms with van der Waals surface area (Å²) in [5, 5.41) is 21.8. The van der Waals surface area contributed by atoms with E-state index in [1.54, 1.807) is 6.07 Å². The van der Waals surface area contributed by atoms with E-state index >= 15 is 0 Å². The summed E-state index contributed by atoms with van der Waals surface area (Å²) in [6.07, 6.45) is 0. The number of thiocarbonyl (C=S) groups is 1. The average molecular weight is 356 g/mol.